The van der Waals surface area contributed by atoms with Gasteiger partial charge in [-0.1, -0.05) is 29.3 Å². The molecule has 1 aliphatic heterocycles. The Morgan fingerprint density at radius 1 is 1.14 bits per heavy atom. The predicted molar refractivity (Wildman–Crippen MR) is 109 cm³/mol. The van der Waals surface area contributed by atoms with Crippen LogP contribution in [0.5, 0.6) is 0 Å². The van der Waals surface area contributed by atoms with Gasteiger partial charge in [0.1, 0.15) is 0 Å². The molecule has 148 valence electrons. The van der Waals surface area contributed by atoms with Crippen LogP contribution in [0.15, 0.2) is 36.7 Å². The fraction of sp³-hybridized carbons (Fsp3) is 0.316. The number of nitrogens with one attached hydrogen (secondary N) is 1. The number of carbonyl (C=O) groups is 2. The maximum absolute atomic E-state index is 12.6. The van der Waals surface area contributed by atoms with Crippen molar-refractivity contribution in [2.75, 3.05) is 43.0 Å². The van der Waals surface area contributed by atoms with Gasteiger partial charge < -0.3 is 19.9 Å². The molecule has 0 radical (unpaired) electrons. The molecule has 7 nitrogen and oxygen atoms in total. The number of rotatable bonds is 4. The molecule has 1 aliphatic rings. The molecule has 1 saturated heterocycles. The van der Waals surface area contributed by atoms with E-state index in [1.165, 1.54) is 0 Å². The fourth-order valence-electron chi connectivity index (χ4n) is 2.98. The summed E-state index contributed by atoms with van der Waals surface area (Å²) in [6.07, 6.45) is 3.11. The minimum Gasteiger partial charge on any atom is -0.462 e. The maximum Gasteiger partial charge on any atom is 0.338 e. The van der Waals surface area contributed by atoms with Crippen LogP contribution in [0.4, 0.5) is 16.2 Å². The van der Waals surface area contributed by atoms with Gasteiger partial charge in [0.25, 0.3) is 0 Å². The third-order valence-electron chi connectivity index (χ3n) is 4.34. The van der Waals surface area contributed by atoms with Gasteiger partial charge >= 0.3 is 12.0 Å². The van der Waals surface area contributed by atoms with Crippen molar-refractivity contribution in [2.24, 2.45) is 0 Å². The van der Waals surface area contributed by atoms with Crippen LogP contribution < -0.4 is 10.2 Å². The van der Waals surface area contributed by atoms with Crippen LogP contribution in [0.3, 0.4) is 0 Å². The first-order valence-corrected chi connectivity index (χ1v) is 9.62. The Kier molecular flexibility index (Phi) is 6.59. The van der Waals surface area contributed by atoms with Gasteiger partial charge in [-0.3, -0.25) is 4.98 Å². The van der Waals surface area contributed by atoms with E-state index in [1.54, 1.807) is 48.5 Å². The number of ether oxygens (including phenoxy) is 1. The molecule has 1 N–H and O–H groups in total. The van der Waals surface area contributed by atoms with E-state index in [4.69, 9.17) is 27.9 Å². The zero-order valence-corrected chi connectivity index (χ0v) is 16.8. The van der Waals surface area contributed by atoms with Crippen LogP contribution >= 0.6 is 23.2 Å². The summed E-state index contributed by atoms with van der Waals surface area (Å²) in [4.78, 5) is 32.1. The number of piperazine rings is 1. The molecule has 0 atom stereocenters. The lowest BCUT2D eigenvalue weighted by Gasteiger charge is -2.36. The first-order chi connectivity index (χ1) is 13.5. The summed E-state index contributed by atoms with van der Waals surface area (Å²) in [6.45, 7) is 4.26. The van der Waals surface area contributed by atoms with Crippen molar-refractivity contribution in [3.63, 3.8) is 0 Å². The number of anilines is 2. The Hall–Kier alpha value is -2.51. The second-order valence-electron chi connectivity index (χ2n) is 6.16. The number of urea groups is 1. The normalized spacial score (nSPS) is 14.0. The van der Waals surface area contributed by atoms with E-state index in [1.807, 2.05) is 4.90 Å². The monoisotopic (exact) mass is 422 g/mol. The van der Waals surface area contributed by atoms with Gasteiger partial charge in [0.05, 0.1) is 27.9 Å². The van der Waals surface area contributed by atoms with Crippen LogP contribution in [0.1, 0.15) is 17.3 Å². The standard InChI is InChI=1S/C19H20Cl2N4O3/c1-2-28-18(26)13-4-3-5-14(10-13)23-19(27)25-8-6-24(7-9-25)17-15(20)11-22-12-16(17)21/h3-5,10-12H,2,6-9H2,1H3,(H,23,27). The number of nitrogens with zero attached hydrogens (tertiary/aromatic N) is 3. The van der Waals surface area contributed by atoms with Crippen molar-refractivity contribution in [2.45, 2.75) is 6.92 Å². The molecule has 3 rings (SSSR count). The average Bonchev–Trinajstić information content (AvgIpc) is 2.69. The number of esters is 1. The lowest BCUT2D eigenvalue weighted by atomic mass is 10.2. The van der Waals surface area contributed by atoms with Crippen LogP contribution in [0, 0.1) is 0 Å². The van der Waals surface area contributed by atoms with Crippen LogP contribution in [0.25, 0.3) is 0 Å². The Morgan fingerprint density at radius 3 is 2.46 bits per heavy atom. The molecule has 0 bridgehead atoms. The van der Waals surface area contributed by atoms with E-state index in [9.17, 15) is 9.59 Å². The largest absolute Gasteiger partial charge is 0.462 e. The number of halogens is 2. The molecule has 0 saturated carbocycles. The summed E-state index contributed by atoms with van der Waals surface area (Å²) >= 11 is 12.4. The molecule has 1 fully saturated rings. The zero-order chi connectivity index (χ0) is 20.1. The van der Waals surface area contributed by atoms with E-state index in [2.05, 4.69) is 10.3 Å². The molecule has 1 aromatic heterocycles. The molecular weight excluding hydrogens is 403 g/mol. The van der Waals surface area contributed by atoms with E-state index >= 15 is 0 Å². The van der Waals surface area contributed by atoms with Gasteiger partial charge in [0.2, 0.25) is 0 Å². The maximum atomic E-state index is 12.6. The third-order valence-corrected chi connectivity index (χ3v) is 4.89. The SMILES string of the molecule is CCOC(=O)c1cccc(NC(=O)N2CCN(c3c(Cl)cncc3Cl)CC2)c1. The molecule has 9 heteroatoms. The number of aromatic nitrogens is 1. The lowest BCUT2D eigenvalue weighted by Crippen LogP contribution is -2.50. The molecule has 0 spiro atoms. The highest BCUT2D eigenvalue weighted by molar-refractivity contribution is 6.38. The number of benzene rings is 1. The molecule has 2 aromatic rings. The Labute approximate surface area is 173 Å². The van der Waals surface area contributed by atoms with E-state index in [-0.39, 0.29) is 6.03 Å². The van der Waals surface area contributed by atoms with Crippen molar-refractivity contribution in [1.82, 2.24) is 9.88 Å². The first-order valence-electron chi connectivity index (χ1n) is 8.86. The Morgan fingerprint density at radius 2 is 1.82 bits per heavy atom. The summed E-state index contributed by atoms with van der Waals surface area (Å²) in [5.74, 6) is -0.418. The number of pyridine rings is 1. The Bertz CT molecular complexity index is 850. The summed E-state index contributed by atoms with van der Waals surface area (Å²) in [5.41, 5.74) is 1.67. The molecule has 0 aliphatic carbocycles. The number of hydrogen-bond acceptors (Lipinski definition) is 5. The van der Waals surface area contributed by atoms with Crippen molar-refractivity contribution in [1.29, 1.82) is 0 Å². The fourth-order valence-corrected chi connectivity index (χ4v) is 3.58. The third kappa shape index (κ3) is 4.66. The highest BCUT2D eigenvalue weighted by Crippen LogP contribution is 2.33. The summed E-state index contributed by atoms with van der Waals surface area (Å²) in [5, 5.41) is 3.80. The number of amides is 2. The summed E-state index contributed by atoms with van der Waals surface area (Å²) in [7, 11) is 0. The molecule has 28 heavy (non-hydrogen) atoms. The van der Waals surface area contributed by atoms with Gasteiger partial charge in [0, 0.05) is 44.3 Å². The number of hydrogen-bond donors (Lipinski definition) is 1. The lowest BCUT2D eigenvalue weighted by molar-refractivity contribution is 0.0526. The molecule has 2 amide bonds. The zero-order valence-electron chi connectivity index (χ0n) is 15.3. The molecule has 0 unspecified atom stereocenters. The highest BCUT2D eigenvalue weighted by Gasteiger charge is 2.24. The van der Waals surface area contributed by atoms with Crippen LogP contribution in [-0.2, 0) is 4.74 Å². The van der Waals surface area contributed by atoms with Crippen LogP contribution in [-0.4, -0.2) is 54.7 Å². The topological polar surface area (TPSA) is 74.8 Å². The van der Waals surface area contributed by atoms with E-state index in [0.29, 0.717) is 54.1 Å². The molecular formula is C19H20Cl2N4O3. The minimum atomic E-state index is -0.418. The van der Waals surface area contributed by atoms with Crippen molar-refractivity contribution in [3.05, 3.63) is 52.3 Å². The van der Waals surface area contributed by atoms with Gasteiger partial charge in [-0.25, -0.2) is 9.59 Å². The Balaban J connectivity index is 1.60. The predicted octanol–water partition coefficient (Wildman–Crippen LogP) is 3.92. The van der Waals surface area contributed by atoms with E-state index < -0.39 is 5.97 Å². The van der Waals surface area contributed by atoms with Crippen molar-refractivity contribution < 1.29 is 14.3 Å². The highest BCUT2D eigenvalue weighted by atomic mass is 35.5. The van der Waals surface area contributed by atoms with Gasteiger partial charge in [-0.05, 0) is 25.1 Å². The average molecular weight is 423 g/mol. The van der Waals surface area contributed by atoms with E-state index in [0.717, 1.165) is 5.69 Å². The quantitative estimate of drug-likeness (QED) is 0.755. The van der Waals surface area contributed by atoms with Gasteiger partial charge in [-0.2, -0.15) is 0 Å². The van der Waals surface area contributed by atoms with Crippen LogP contribution in [0.2, 0.25) is 10.0 Å². The summed E-state index contributed by atoms with van der Waals surface area (Å²) < 4.78 is 4.98. The number of carbonyl (C=O) groups excluding carboxylic acids is 2. The van der Waals surface area contributed by atoms with Crippen molar-refractivity contribution >= 4 is 46.6 Å². The molecule has 2 heterocycles. The molecule has 1 aromatic carbocycles. The second kappa shape index (κ2) is 9.12. The van der Waals surface area contributed by atoms with Crippen molar-refractivity contribution in [3.8, 4) is 0 Å². The minimum absolute atomic E-state index is 0.229. The smallest absolute Gasteiger partial charge is 0.338 e. The van der Waals surface area contributed by atoms with Gasteiger partial charge in [-0.15, -0.1) is 0 Å². The van der Waals surface area contributed by atoms with Gasteiger partial charge in [0.15, 0.2) is 0 Å². The first kappa shape index (κ1) is 20.2. The second-order valence-corrected chi connectivity index (χ2v) is 6.97. The summed E-state index contributed by atoms with van der Waals surface area (Å²) in [6, 6.07) is 6.45.